The van der Waals surface area contributed by atoms with Crippen molar-refractivity contribution in [3.63, 3.8) is 0 Å². The number of benzene rings is 2. The van der Waals surface area contributed by atoms with Crippen LogP contribution in [0.3, 0.4) is 0 Å². The third kappa shape index (κ3) is 4.54. The number of thiophene rings is 1. The Morgan fingerprint density at radius 3 is 2.70 bits per heavy atom. The Labute approximate surface area is 196 Å². The molecule has 1 amide bonds. The van der Waals surface area contributed by atoms with Gasteiger partial charge in [-0.05, 0) is 80.1 Å². The van der Waals surface area contributed by atoms with E-state index in [1.54, 1.807) is 18.4 Å². The molecular formula is C26H25N3O3S. The van der Waals surface area contributed by atoms with E-state index in [1.807, 2.05) is 55.5 Å². The number of anilines is 1. The van der Waals surface area contributed by atoms with Crippen molar-refractivity contribution in [1.29, 1.82) is 0 Å². The molecule has 0 aliphatic heterocycles. The number of ether oxygens (including phenoxy) is 2. The summed E-state index contributed by atoms with van der Waals surface area (Å²) in [5.74, 6) is 1.61. The number of amides is 1. The number of aryl methyl sites for hydroxylation is 3. The smallest absolute Gasteiger partial charge is 0.262 e. The van der Waals surface area contributed by atoms with E-state index in [-0.39, 0.29) is 12.5 Å². The second kappa shape index (κ2) is 9.19. The monoisotopic (exact) mass is 459 g/mol. The van der Waals surface area contributed by atoms with Gasteiger partial charge in [-0.25, -0.2) is 4.98 Å². The van der Waals surface area contributed by atoms with E-state index < -0.39 is 0 Å². The van der Waals surface area contributed by atoms with Gasteiger partial charge in [-0.3, -0.25) is 4.79 Å². The highest BCUT2D eigenvalue weighted by atomic mass is 32.1. The molecular weight excluding hydrogens is 434 g/mol. The van der Waals surface area contributed by atoms with Crippen molar-refractivity contribution in [2.24, 2.45) is 0 Å². The van der Waals surface area contributed by atoms with Crippen LogP contribution in [0.25, 0.3) is 21.6 Å². The zero-order valence-corrected chi connectivity index (χ0v) is 19.5. The number of fused-ring (bicyclic) bond motifs is 3. The highest BCUT2D eigenvalue weighted by molar-refractivity contribution is 7.18. The van der Waals surface area contributed by atoms with Gasteiger partial charge in [0.2, 0.25) is 5.88 Å². The molecule has 2 aromatic heterocycles. The quantitative estimate of drug-likeness (QED) is 0.408. The molecule has 4 aromatic rings. The average Bonchev–Trinajstić information content (AvgIpc) is 3.21. The predicted octanol–water partition coefficient (Wildman–Crippen LogP) is 5.57. The van der Waals surface area contributed by atoms with Crippen LogP contribution in [0.5, 0.6) is 11.6 Å². The number of methoxy groups -OCH3 is 1. The number of hydrogen-bond donors (Lipinski definition) is 1. The molecule has 0 bridgehead atoms. The Morgan fingerprint density at radius 2 is 1.91 bits per heavy atom. The van der Waals surface area contributed by atoms with Crippen LogP contribution in [0.2, 0.25) is 0 Å². The first-order valence-corrected chi connectivity index (χ1v) is 11.9. The summed E-state index contributed by atoms with van der Waals surface area (Å²) in [6.07, 6.45) is 4.38. The van der Waals surface area contributed by atoms with Crippen LogP contribution in [-0.4, -0.2) is 29.6 Å². The van der Waals surface area contributed by atoms with E-state index in [1.165, 1.54) is 16.9 Å². The van der Waals surface area contributed by atoms with Crippen LogP contribution >= 0.6 is 11.3 Å². The first kappa shape index (κ1) is 21.4. The van der Waals surface area contributed by atoms with Crippen molar-refractivity contribution in [2.45, 2.75) is 32.6 Å². The molecule has 1 N–H and O–H groups in total. The van der Waals surface area contributed by atoms with E-state index in [4.69, 9.17) is 19.4 Å². The van der Waals surface area contributed by atoms with Crippen LogP contribution in [0.15, 0.2) is 48.5 Å². The molecule has 0 spiro atoms. The lowest BCUT2D eigenvalue weighted by Crippen LogP contribution is -2.20. The molecule has 2 heterocycles. The van der Waals surface area contributed by atoms with E-state index in [9.17, 15) is 4.79 Å². The molecule has 1 aliphatic carbocycles. The Kier molecular flexibility index (Phi) is 5.96. The number of aromatic nitrogens is 2. The highest BCUT2D eigenvalue weighted by Crippen LogP contribution is 2.40. The fraction of sp³-hybridized carbons (Fsp3) is 0.269. The molecule has 0 fully saturated rings. The largest absolute Gasteiger partial charge is 0.497 e. The minimum atomic E-state index is -0.220. The first-order valence-electron chi connectivity index (χ1n) is 11.1. The van der Waals surface area contributed by atoms with Crippen LogP contribution < -0.4 is 14.8 Å². The van der Waals surface area contributed by atoms with Gasteiger partial charge in [-0.2, -0.15) is 4.98 Å². The van der Waals surface area contributed by atoms with Crippen molar-refractivity contribution in [1.82, 2.24) is 9.97 Å². The van der Waals surface area contributed by atoms with E-state index in [0.717, 1.165) is 52.0 Å². The fourth-order valence-electron chi connectivity index (χ4n) is 4.15. The molecule has 0 unspecified atom stereocenters. The number of nitrogens with one attached hydrogen (secondary N) is 1. The summed E-state index contributed by atoms with van der Waals surface area (Å²) in [4.78, 5) is 24.5. The van der Waals surface area contributed by atoms with Gasteiger partial charge in [-0.15, -0.1) is 11.3 Å². The Bertz CT molecular complexity index is 1310. The molecule has 33 heavy (non-hydrogen) atoms. The van der Waals surface area contributed by atoms with Gasteiger partial charge in [0.1, 0.15) is 10.6 Å². The van der Waals surface area contributed by atoms with Crippen LogP contribution in [0.4, 0.5) is 5.69 Å². The molecule has 2 aromatic carbocycles. The highest BCUT2D eigenvalue weighted by Gasteiger charge is 2.23. The van der Waals surface area contributed by atoms with Gasteiger partial charge in [0.25, 0.3) is 5.91 Å². The molecule has 0 atom stereocenters. The van der Waals surface area contributed by atoms with E-state index in [0.29, 0.717) is 11.7 Å². The Hall–Kier alpha value is -3.45. The Balaban J connectivity index is 1.47. The second-order valence-corrected chi connectivity index (χ2v) is 9.26. The third-order valence-corrected chi connectivity index (χ3v) is 6.96. The summed E-state index contributed by atoms with van der Waals surface area (Å²) in [5.41, 5.74) is 3.98. The summed E-state index contributed by atoms with van der Waals surface area (Å²) in [5, 5.41) is 3.85. The van der Waals surface area contributed by atoms with Crippen LogP contribution in [0.1, 0.15) is 28.8 Å². The summed E-state index contributed by atoms with van der Waals surface area (Å²) >= 11 is 1.71. The minimum absolute atomic E-state index is 0.118. The summed E-state index contributed by atoms with van der Waals surface area (Å²) < 4.78 is 11.3. The molecule has 168 valence electrons. The lowest BCUT2D eigenvalue weighted by molar-refractivity contribution is -0.118. The number of carbonyl (C=O) groups is 1. The molecule has 1 aliphatic rings. The lowest BCUT2D eigenvalue weighted by atomic mass is 9.97. The summed E-state index contributed by atoms with van der Waals surface area (Å²) in [6.45, 7) is 1.87. The van der Waals surface area contributed by atoms with Gasteiger partial charge in [0, 0.05) is 16.1 Å². The maximum Gasteiger partial charge on any atom is 0.262 e. The van der Waals surface area contributed by atoms with Crippen molar-refractivity contribution < 1.29 is 14.3 Å². The maximum absolute atomic E-state index is 12.6. The number of carbonyl (C=O) groups excluding carboxylic acids is 1. The van der Waals surface area contributed by atoms with Crippen LogP contribution in [-0.2, 0) is 17.6 Å². The van der Waals surface area contributed by atoms with Gasteiger partial charge in [-0.1, -0.05) is 12.1 Å². The van der Waals surface area contributed by atoms with Gasteiger partial charge in [0.15, 0.2) is 12.4 Å². The zero-order chi connectivity index (χ0) is 22.8. The maximum atomic E-state index is 12.6. The van der Waals surface area contributed by atoms with Gasteiger partial charge >= 0.3 is 0 Å². The summed E-state index contributed by atoms with van der Waals surface area (Å²) in [7, 11) is 1.64. The minimum Gasteiger partial charge on any atom is -0.497 e. The lowest BCUT2D eigenvalue weighted by Gasteiger charge is -2.13. The van der Waals surface area contributed by atoms with E-state index in [2.05, 4.69) is 5.32 Å². The second-order valence-electron chi connectivity index (χ2n) is 8.18. The average molecular weight is 460 g/mol. The molecule has 0 radical (unpaired) electrons. The molecule has 6 nitrogen and oxygen atoms in total. The Morgan fingerprint density at radius 1 is 1.09 bits per heavy atom. The van der Waals surface area contributed by atoms with Crippen LogP contribution in [0, 0.1) is 6.92 Å². The zero-order valence-electron chi connectivity index (χ0n) is 18.7. The van der Waals surface area contributed by atoms with Crippen molar-refractivity contribution in [2.75, 3.05) is 19.0 Å². The molecule has 0 saturated heterocycles. The molecule has 0 saturated carbocycles. The molecule has 7 heteroatoms. The topological polar surface area (TPSA) is 73.3 Å². The van der Waals surface area contributed by atoms with Crippen molar-refractivity contribution in [3.8, 4) is 23.0 Å². The first-order chi connectivity index (χ1) is 16.1. The van der Waals surface area contributed by atoms with Crippen molar-refractivity contribution >= 4 is 33.1 Å². The SMILES string of the molecule is COc1ccc(-c2nc(OCC(=O)Nc3cccc(C)c3)c3c4c(sc3n2)CCCC4)cc1. The number of hydrogen-bond acceptors (Lipinski definition) is 6. The van der Waals surface area contributed by atoms with Gasteiger partial charge < -0.3 is 14.8 Å². The van der Waals surface area contributed by atoms with Crippen molar-refractivity contribution in [3.05, 3.63) is 64.5 Å². The summed E-state index contributed by atoms with van der Waals surface area (Å²) in [6, 6.07) is 15.3. The fourth-order valence-corrected chi connectivity index (χ4v) is 5.40. The molecule has 5 rings (SSSR count). The normalized spacial score (nSPS) is 12.9. The predicted molar refractivity (Wildman–Crippen MR) is 131 cm³/mol. The number of rotatable bonds is 6. The van der Waals surface area contributed by atoms with Gasteiger partial charge in [0.05, 0.1) is 12.5 Å². The number of nitrogens with zero attached hydrogens (tertiary/aromatic N) is 2. The standard InChI is InChI=1S/C26H25N3O3S/c1-16-6-5-7-18(14-16)27-22(30)15-32-25-23-20-8-3-4-9-21(20)33-26(23)29-24(28-25)17-10-12-19(31-2)13-11-17/h5-7,10-14H,3-4,8-9,15H2,1-2H3,(H,27,30). The third-order valence-electron chi connectivity index (χ3n) is 5.77. The van der Waals surface area contributed by atoms with E-state index >= 15 is 0 Å².